The van der Waals surface area contributed by atoms with Crippen molar-refractivity contribution in [1.82, 2.24) is 5.32 Å². The zero-order chi connectivity index (χ0) is 15.2. The van der Waals surface area contributed by atoms with Crippen molar-refractivity contribution in [3.63, 3.8) is 0 Å². The Bertz CT molecular complexity index is 450. The second kappa shape index (κ2) is 7.55. The molecule has 118 valence electrons. The van der Waals surface area contributed by atoms with Crippen molar-refractivity contribution in [3.8, 4) is 11.5 Å². The monoisotopic (exact) mass is 292 g/mol. The number of benzene rings is 1. The van der Waals surface area contributed by atoms with Gasteiger partial charge in [0.05, 0.1) is 14.2 Å². The summed E-state index contributed by atoms with van der Waals surface area (Å²) in [6, 6.07) is 6.82. The quantitative estimate of drug-likeness (QED) is 0.874. The van der Waals surface area contributed by atoms with E-state index in [2.05, 4.69) is 36.2 Å². The first-order chi connectivity index (χ1) is 10.2. The van der Waals surface area contributed by atoms with Crippen LogP contribution >= 0.6 is 0 Å². The average molecular weight is 292 g/mol. The highest BCUT2D eigenvalue weighted by Crippen LogP contribution is 2.33. The maximum atomic E-state index is 5.40. The van der Waals surface area contributed by atoms with Crippen LogP contribution in [0.25, 0.3) is 0 Å². The van der Waals surface area contributed by atoms with Crippen LogP contribution in [0.15, 0.2) is 18.2 Å². The normalized spacial score (nSPS) is 22.2. The molecule has 0 spiro atoms. The molecule has 1 fully saturated rings. The van der Waals surface area contributed by atoms with E-state index < -0.39 is 0 Å². The molecule has 4 heteroatoms. The number of ether oxygens (including phenoxy) is 2. The molecule has 1 saturated heterocycles. The van der Waals surface area contributed by atoms with E-state index in [0.717, 1.165) is 31.1 Å². The van der Waals surface area contributed by atoms with E-state index in [1.54, 1.807) is 14.2 Å². The van der Waals surface area contributed by atoms with Gasteiger partial charge in [0.1, 0.15) is 0 Å². The van der Waals surface area contributed by atoms with E-state index in [-0.39, 0.29) is 0 Å². The van der Waals surface area contributed by atoms with Crippen molar-refractivity contribution in [2.45, 2.75) is 32.7 Å². The average Bonchev–Trinajstić information content (AvgIpc) is 2.53. The van der Waals surface area contributed by atoms with Gasteiger partial charge in [-0.25, -0.2) is 0 Å². The Labute approximate surface area is 128 Å². The van der Waals surface area contributed by atoms with E-state index in [0.29, 0.717) is 12.0 Å². The van der Waals surface area contributed by atoms with Gasteiger partial charge in [-0.05, 0) is 37.4 Å². The lowest BCUT2D eigenvalue weighted by Crippen LogP contribution is -2.48. The summed E-state index contributed by atoms with van der Waals surface area (Å²) in [5, 5.41) is 3.66. The second-order valence-corrected chi connectivity index (χ2v) is 5.81. The fraction of sp³-hybridized carbons (Fsp3) is 0.647. The van der Waals surface area contributed by atoms with Gasteiger partial charge in [-0.3, -0.25) is 0 Å². The van der Waals surface area contributed by atoms with Gasteiger partial charge in [-0.15, -0.1) is 0 Å². The highest BCUT2D eigenvalue weighted by Gasteiger charge is 2.26. The summed E-state index contributed by atoms with van der Waals surface area (Å²) in [5.41, 5.74) is 1.22. The Balaban J connectivity index is 2.03. The van der Waals surface area contributed by atoms with E-state index >= 15 is 0 Å². The minimum absolute atomic E-state index is 0.640. The molecule has 2 unspecified atom stereocenters. The molecule has 2 rings (SSSR count). The van der Waals surface area contributed by atoms with Crippen molar-refractivity contribution in [1.29, 1.82) is 0 Å². The van der Waals surface area contributed by atoms with Gasteiger partial charge in [0.15, 0.2) is 11.5 Å². The lowest BCUT2D eigenvalue weighted by molar-refractivity contribution is 0.321. The van der Waals surface area contributed by atoms with Crippen LogP contribution < -0.4 is 19.7 Å². The minimum Gasteiger partial charge on any atom is -0.493 e. The molecule has 2 atom stereocenters. The van der Waals surface area contributed by atoms with Crippen LogP contribution in [0, 0.1) is 5.92 Å². The van der Waals surface area contributed by atoms with Crippen molar-refractivity contribution in [3.05, 3.63) is 18.2 Å². The molecular weight excluding hydrogens is 264 g/mol. The third kappa shape index (κ3) is 3.82. The number of hydrogen-bond donors (Lipinski definition) is 1. The van der Waals surface area contributed by atoms with E-state index in [1.165, 1.54) is 18.5 Å². The number of piperidine rings is 1. The Morgan fingerprint density at radius 1 is 1.24 bits per heavy atom. The lowest BCUT2D eigenvalue weighted by Gasteiger charge is -2.39. The van der Waals surface area contributed by atoms with Crippen LogP contribution in [-0.2, 0) is 0 Å². The highest BCUT2D eigenvalue weighted by molar-refractivity contribution is 5.56. The number of nitrogens with one attached hydrogen (secondary N) is 1. The van der Waals surface area contributed by atoms with Crippen LogP contribution in [-0.4, -0.2) is 39.9 Å². The first-order valence-electron chi connectivity index (χ1n) is 7.90. The Morgan fingerprint density at radius 2 is 2.00 bits per heavy atom. The Hall–Kier alpha value is -1.42. The maximum Gasteiger partial charge on any atom is 0.162 e. The molecule has 0 radical (unpaired) electrons. The highest BCUT2D eigenvalue weighted by atomic mass is 16.5. The van der Waals surface area contributed by atoms with E-state index in [4.69, 9.17) is 9.47 Å². The molecule has 1 heterocycles. The Morgan fingerprint density at radius 3 is 2.62 bits per heavy atom. The lowest BCUT2D eigenvalue weighted by atomic mass is 9.93. The van der Waals surface area contributed by atoms with Gasteiger partial charge >= 0.3 is 0 Å². The summed E-state index contributed by atoms with van der Waals surface area (Å²) < 4.78 is 10.7. The van der Waals surface area contributed by atoms with Crippen molar-refractivity contribution in [2.24, 2.45) is 5.92 Å². The van der Waals surface area contributed by atoms with Gasteiger partial charge in [0.25, 0.3) is 0 Å². The van der Waals surface area contributed by atoms with E-state index in [9.17, 15) is 0 Å². The number of anilines is 1. The smallest absolute Gasteiger partial charge is 0.162 e. The molecule has 1 aliphatic rings. The molecule has 1 aromatic rings. The first kappa shape index (κ1) is 16.0. The van der Waals surface area contributed by atoms with Crippen molar-refractivity contribution < 1.29 is 9.47 Å². The molecule has 1 N–H and O–H groups in total. The van der Waals surface area contributed by atoms with Crippen LogP contribution in [0.5, 0.6) is 11.5 Å². The summed E-state index contributed by atoms with van der Waals surface area (Å²) in [6.45, 7) is 7.83. The molecular formula is C17H28N2O2. The fourth-order valence-electron chi connectivity index (χ4n) is 3.03. The molecule has 1 aromatic carbocycles. The summed E-state index contributed by atoms with van der Waals surface area (Å²) in [5.74, 6) is 2.24. The van der Waals surface area contributed by atoms with Gasteiger partial charge in [-0.1, -0.05) is 13.8 Å². The second-order valence-electron chi connectivity index (χ2n) is 5.81. The van der Waals surface area contributed by atoms with Crippen molar-refractivity contribution >= 4 is 5.69 Å². The molecule has 0 saturated carbocycles. The number of methoxy groups -OCH3 is 2. The molecule has 21 heavy (non-hydrogen) atoms. The van der Waals surface area contributed by atoms with E-state index in [1.807, 2.05) is 6.07 Å². The largest absolute Gasteiger partial charge is 0.493 e. The van der Waals surface area contributed by atoms with Gasteiger partial charge in [0.2, 0.25) is 0 Å². The molecule has 1 aliphatic heterocycles. The molecule has 0 bridgehead atoms. The van der Waals surface area contributed by atoms with Gasteiger partial charge in [-0.2, -0.15) is 0 Å². The molecule has 0 amide bonds. The van der Waals surface area contributed by atoms with Crippen LogP contribution in [0.4, 0.5) is 5.69 Å². The van der Waals surface area contributed by atoms with Crippen LogP contribution in [0.2, 0.25) is 0 Å². The molecule has 4 nitrogen and oxygen atoms in total. The topological polar surface area (TPSA) is 33.7 Å². The number of hydrogen-bond acceptors (Lipinski definition) is 4. The number of nitrogens with zero attached hydrogens (tertiary/aromatic N) is 1. The standard InChI is InChI=1S/C17H28N2O2/c1-5-9-18-15-8-10-19(12-13(15)2)14-6-7-16(20-3)17(11-14)21-4/h6-7,11,13,15,18H,5,8-10,12H2,1-4H3. The van der Waals surface area contributed by atoms with Gasteiger partial charge in [0, 0.05) is 30.9 Å². The van der Waals surface area contributed by atoms with Crippen molar-refractivity contribution in [2.75, 3.05) is 38.8 Å². The summed E-state index contributed by atoms with van der Waals surface area (Å²) in [7, 11) is 3.36. The first-order valence-corrected chi connectivity index (χ1v) is 7.90. The fourth-order valence-corrected chi connectivity index (χ4v) is 3.03. The number of rotatable bonds is 6. The molecule has 0 aliphatic carbocycles. The Kier molecular flexibility index (Phi) is 5.74. The van der Waals surface area contributed by atoms with Crippen LogP contribution in [0.3, 0.4) is 0 Å². The maximum absolute atomic E-state index is 5.40. The predicted octanol–water partition coefficient (Wildman–Crippen LogP) is 2.92. The molecule has 0 aromatic heterocycles. The summed E-state index contributed by atoms with van der Waals surface area (Å²) in [6.07, 6.45) is 2.39. The predicted molar refractivity (Wildman–Crippen MR) is 87.6 cm³/mol. The summed E-state index contributed by atoms with van der Waals surface area (Å²) >= 11 is 0. The van der Waals surface area contributed by atoms with Crippen LogP contribution in [0.1, 0.15) is 26.7 Å². The third-order valence-electron chi connectivity index (χ3n) is 4.29. The minimum atomic E-state index is 0.640. The third-order valence-corrected chi connectivity index (χ3v) is 4.29. The van der Waals surface area contributed by atoms with Gasteiger partial charge < -0.3 is 19.7 Å². The SMILES string of the molecule is CCCNC1CCN(c2ccc(OC)c(OC)c2)CC1C. The zero-order valence-corrected chi connectivity index (χ0v) is 13.7. The zero-order valence-electron chi connectivity index (χ0n) is 13.7. The summed E-state index contributed by atoms with van der Waals surface area (Å²) in [4.78, 5) is 2.44.